The molecular weight excluding hydrogens is 164 g/mol. The second-order valence-corrected chi connectivity index (χ2v) is 3.10. The second-order valence-electron chi connectivity index (χ2n) is 3.10. The normalized spacial score (nSPS) is 9.77. The summed E-state index contributed by atoms with van der Waals surface area (Å²) in [6.07, 6.45) is 1.53. The van der Waals surface area contributed by atoms with Crippen molar-refractivity contribution in [2.24, 2.45) is 0 Å². The molecule has 1 N–H and O–H groups in total. The summed E-state index contributed by atoms with van der Waals surface area (Å²) in [6.45, 7) is 5.82. The summed E-state index contributed by atoms with van der Waals surface area (Å²) in [5.74, 6) is 0.575. The van der Waals surface area contributed by atoms with Crippen molar-refractivity contribution in [1.82, 2.24) is 9.97 Å². The predicted molar refractivity (Wildman–Crippen MR) is 50.2 cm³/mol. The quantitative estimate of drug-likeness (QED) is 0.741. The van der Waals surface area contributed by atoms with Crippen molar-refractivity contribution in [3.63, 3.8) is 0 Å². The van der Waals surface area contributed by atoms with Gasteiger partial charge < -0.3 is 5.32 Å². The molecule has 1 heterocycles. The molecule has 13 heavy (non-hydrogen) atoms. The van der Waals surface area contributed by atoms with Gasteiger partial charge >= 0.3 is 0 Å². The first-order valence-corrected chi connectivity index (χ1v) is 4.13. The maximum atomic E-state index is 8.64. The number of nitrogens with zero attached hydrogens (tertiary/aromatic N) is 3. The number of hydrogen-bond donors (Lipinski definition) is 1. The Kier molecular flexibility index (Phi) is 2.80. The Morgan fingerprint density at radius 2 is 2.23 bits per heavy atom. The molecule has 0 aliphatic carbocycles. The minimum atomic E-state index is 0.298. The van der Waals surface area contributed by atoms with E-state index in [-0.39, 0.29) is 0 Å². The Balaban J connectivity index is 2.91. The van der Waals surface area contributed by atoms with Crippen molar-refractivity contribution in [3.05, 3.63) is 17.5 Å². The van der Waals surface area contributed by atoms with E-state index in [0.717, 1.165) is 0 Å². The zero-order valence-electron chi connectivity index (χ0n) is 8.00. The first-order chi connectivity index (χ1) is 6.13. The van der Waals surface area contributed by atoms with Crippen LogP contribution in [0.5, 0.6) is 0 Å². The molecule has 1 rings (SSSR count). The van der Waals surface area contributed by atoms with Gasteiger partial charge in [0.1, 0.15) is 6.07 Å². The second kappa shape index (κ2) is 3.85. The molecule has 0 saturated heterocycles. The summed E-state index contributed by atoms with van der Waals surface area (Å²) < 4.78 is 0. The molecule has 4 nitrogen and oxygen atoms in total. The fourth-order valence-electron chi connectivity index (χ4n) is 0.905. The van der Waals surface area contributed by atoms with Gasteiger partial charge in [0, 0.05) is 6.04 Å². The standard InChI is InChI=1S/C9H12N4/c1-6(2)12-9-11-5-8(4-10)7(3)13-9/h5-6H,1-3H3,(H,11,12,13). The van der Waals surface area contributed by atoms with Gasteiger partial charge in [0.2, 0.25) is 5.95 Å². The fourth-order valence-corrected chi connectivity index (χ4v) is 0.905. The minimum Gasteiger partial charge on any atom is -0.352 e. The van der Waals surface area contributed by atoms with E-state index in [1.807, 2.05) is 19.9 Å². The van der Waals surface area contributed by atoms with Gasteiger partial charge in [-0.1, -0.05) is 0 Å². The molecule has 0 fully saturated rings. The van der Waals surface area contributed by atoms with E-state index in [1.165, 1.54) is 6.20 Å². The summed E-state index contributed by atoms with van der Waals surface area (Å²) in [7, 11) is 0. The highest BCUT2D eigenvalue weighted by Gasteiger charge is 2.02. The molecule has 0 spiro atoms. The van der Waals surface area contributed by atoms with Gasteiger partial charge in [-0.15, -0.1) is 0 Å². The van der Waals surface area contributed by atoms with E-state index < -0.39 is 0 Å². The number of nitrogens with one attached hydrogen (secondary N) is 1. The maximum Gasteiger partial charge on any atom is 0.223 e. The van der Waals surface area contributed by atoms with Crippen LogP contribution >= 0.6 is 0 Å². The largest absolute Gasteiger partial charge is 0.352 e. The van der Waals surface area contributed by atoms with Crippen molar-refractivity contribution in [1.29, 1.82) is 5.26 Å². The SMILES string of the molecule is Cc1nc(NC(C)C)ncc1C#N. The third-order valence-electron chi connectivity index (χ3n) is 1.52. The fraction of sp³-hybridized carbons (Fsp3) is 0.444. The Labute approximate surface area is 77.6 Å². The van der Waals surface area contributed by atoms with Gasteiger partial charge in [0.05, 0.1) is 17.5 Å². The molecule has 0 aliphatic heterocycles. The van der Waals surface area contributed by atoms with Crippen molar-refractivity contribution < 1.29 is 0 Å². The van der Waals surface area contributed by atoms with E-state index in [1.54, 1.807) is 6.92 Å². The van der Waals surface area contributed by atoms with Crippen molar-refractivity contribution in [2.45, 2.75) is 26.8 Å². The van der Waals surface area contributed by atoms with Crippen LogP contribution in [-0.4, -0.2) is 16.0 Å². The van der Waals surface area contributed by atoms with E-state index in [2.05, 4.69) is 15.3 Å². The molecule has 0 radical (unpaired) electrons. The lowest BCUT2D eigenvalue weighted by Crippen LogP contribution is -2.13. The van der Waals surface area contributed by atoms with Crippen molar-refractivity contribution >= 4 is 5.95 Å². The van der Waals surface area contributed by atoms with Crippen LogP contribution in [0, 0.1) is 18.3 Å². The monoisotopic (exact) mass is 176 g/mol. The van der Waals surface area contributed by atoms with Gasteiger partial charge in [-0.25, -0.2) is 9.97 Å². The first-order valence-electron chi connectivity index (χ1n) is 4.13. The van der Waals surface area contributed by atoms with Gasteiger partial charge in [0.15, 0.2) is 0 Å². The molecule has 0 amide bonds. The summed E-state index contributed by atoms with van der Waals surface area (Å²) in [4.78, 5) is 8.15. The highest BCUT2D eigenvalue weighted by Crippen LogP contribution is 2.05. The van der Waals surface area contributed by atoms with Crippen LogP contribution in [0.15, 0.2) is 6.20 Å². The number of rotatable bonds is 2. The minimum absolute atomic E-state index is 0.298. The smallest absolute Gasteiger partial charge is 0.223 e. The molecule has 0 aromatic carbocycles. The molecule has 0 atom stereocenters. The average Bonchev–Trinajstić information content (AvgIpc) is 2.03. The van der Waals surface area contributed by atoms with Crippen molar-refractivity contribution in [2.75, 3.05) is 5.32 Å². The number of aryl methyl sites for hydroxylation is 1. The van der Waals surface area contributed by atoms with Crippen LogP contribution in [0.4, 0.5) is 5.95 Å². The zero-order chi connectivity index (χ0) is 9.84. The highest BCUT2D eigenvalue weighted by atomic mass is 15.1. The summed E-state index contributed by atoms with van der Waals surface area (Å²) >= 11 is 0. The Hall–Kier alpha value is -1.63. The van der Waals surface area contributed by atoms with E-state index in [9.17, 15) is 0 Å². The highest BCUT2D eigenvalue weighted by molar-refractivity contribution is 5.35. The van der Waals surface area contributed by atoms with Gasteiger partial charge in [-0.2, -0.15) is 5.26 Å². The topological polar surface area (TPSA) is 61.6 Å². The molecule has 1 aromatic heterocycles. The molecular formula is C9H12N4. The van der Waals surface area contributed by atoms with Crippen LogP contribution in [0.25, 0.3) is 0 Å². The summed E-state index contributed by atoms with van der Waals surface area (Å²) in [5.41, 5.74) is 1.23. The van der Waals surface area contributed by atoms with Crippen LogP contribution < -0.4 is 5.32 Å². The van der Waals surface area contributed by atoms with Gasteiger partial charge in [0.25, 0.3) is 0 Å². The third-order valence-corrected chi connectivity index (χ3v) is 1.52. The summed E-state index contributed by atoms with van der Waals surface area (Å²) in [6, 6.07) is 2.32. The molecule has 0 unspecified atom stereocenters. The third kappa shape index (κ3) is 2.41. The number of nitriles is 1. The Bertz CT molecular complexity index is 338. The number of aromatic nitrogens is 2. The van der Waals surface area contributed by atoms with Crippen LogP contribution in [-0.2, 0) is 0 Å². The average molecular weight is 176 g/mol. The van der Waals surface area contributed by atoms with E-state index >= 15 is 0 Å². The lowest BCUT2D eigenvalue weighted by atomic mass is 10.3. The molecule has 68 valence electrons. The summed E-state index contributed by atoms with van der Waals surface area (Å²) in [5, 5.41) is 11.7. The van der Waals surface area contributed by atoms with Gasteiger partial charge in [-0.05, 0) is 20.8 Å². The predicted octanol–water partition coefficient (Wildman–Crippen LogP) is 1.48. The Morgan fingerprint density at radius 3 is 2.69 bits per heavy atom. The first kappa shape index (κ1) is 9.46. The molecule has 0 aliphatic rings. The van der Waals surface area contributed by atoms with E-state index in [4.69, 9.17) is 5.26 Å². The zero-order valence-corrected chi connectivity index (χ0v) is 8.00. The van der Waals surface area contributed by atoms with E-state index in [0.29, 0.717) is 23.2 Å². The number of anilines is 1. The van der Waals surface area contributed by atoms with Crippen LogP contribution in [0.3, 0.4) is 0 Å². The van der Waals surface area contributed by atoms with Gasteiger partial charge in [-0.3, -0.25) is 0 Å². The molecule has 4 heteroatoms. The van der Waals surface area contributed by atoms with Crippen molar-refractivity contribution in [3.8, 4) is 6.07 Å². The lowest BCUT2D eigenvalue weighted by molar-refractivity contribution is 0.869. The molecule has 1 aromatic rings. The number of hydrogen-bond acceptors (Lipinski definition) is 4. The van der Waals surface area contributed by atoms with Crippen LogP contribution in [0.1, 0.15) is 25.1 Å². The lowest BCUT2D eigenvalue weighted by Gasteiger charge is -2.07. The Morgan fingerprint density at radius 1 is 1.54 bits per heavy atom. The molecule has 0 saturated carbocycles. The maximum absolute atomic E-state index is 8.64. The molecule has 0 bridgehead atoms. The van der Waals surface area contributed by atoms with Crippen LogP contribution in [0.2, 0.25) is 0 Å².